The highest BCUT2D eigenvalue weighted by atomic mass is 79.9. The molecule has 0 aliphatic carbocycles. The summed E-state index contributed by atoms with van der Waals surface area (Å²) in [5, 5.41) is 3.31. The number of hydrogen-bond acceptors (Lipinski definition) is 3. The molecule has 3 nitrogen and oxygen atoms in total. The van der Waals surface area contributed by atoms with Crippen LogP contribution in [0.1, 0.15) is 25.3 Å². The number of anilines is 1. The van der Waals surface area contributed by atoms with Crippen LogP contribution in [0.25, 0.3) is 0 Å². The fraction of sp³-hybridized carbons (Fsp3) is 0.545. The third-order valence-corrected chi connectivity index (χ3v) is 2.61. The van der Waals surface area contributed by atoms with Crippen molar-refractivity contribution >= 4 is 21.7 Å². The van der Waals surface area contributed by atoms with Gasteiger partial charge in [-0.25, -0.2) is 4.98 Å². The van der Waals surface area contributed by atoms with E-state index in [9.17, 15) is 0 Å². The molecule has 1 atom stereocenters. The second kappa shape index (κ2) is 6.08. The standard InChI is InChI=1S/C11H18BrN3/c1-8-6-10(12)7-15-11(8)14-5-3-4-9(2)13/h6-7,9H,3-5,13H2,1-2H3,(H,14,15). The normalized spacial score (nSPS) is 12.5. The number of nitrogens with zero attached hydrogens (tertiary/aromatic N) is 1. The molecule has 0 amide bonds. The van der Waals surface area contributed by atoms with Gasteiger partial charge in [-0.05, 0) is 54.2 Å². The van der Waals surface area contributed by atoms with E-state index in [2.05, 4.69) is 32.3 Å². The monoisotopic (exact) mass is 271 g/mol. The van der Waals surface area contributed by atoms with Gasteiger partial charge >= 0.3 is 0 Å². The highest BCUT2D eigenvalue weighted by molar-refractivity contribution is 9.10. The molecule has 1 aromatic heterocycles. The molecule has 1 rings (SSSR count). The third-order valence-electron chi connectivity index (χ3n) is 2.17. The van der Waals surface area contributed by atoms with Gasteiger partial charge in [-0.3, -0.25) is 0 Å². The molecule has 3 N–H and O–H groups in total. The molecular weight excluding hydrogens is 254 g/mol. The number of rotatable bonds is 5. The Morgan fingerprint density at radius 3 is 2.93 bits per heavy atom. The molecule has 0 aromatic carbocycles. The van der Waals surface area contributed by atoms with Crippen molar-refractivity contribution in [2.75, 3.05) is 11.9 Å². The minimum Gasteiger partial charge on any atom is -0.370 e. The van der Waals surface area contributed by atoms with Gasteiger partial charge in [-0.15, -0.1) is 0 Å². The van der Waals surface area contributed by atoms with E-state index in [0.717, 1.165) is 35.2 Å². The molecule has 0 saturated carbocycles. The number of halogens is 1. The lowest BCUT2D eigenvalue weighted by molar-refractivity contribution is 0.639. The van der Waals surface area contributed by atoms with Crippen LogP contribution < -0.4 is 11.1 Å². The number of aromatic nitrogens is 1. The third kappa shape index (κ3) is 4.62. The summed E-state index contributed by atoms with van der Waals surface area (Å²) >= 11 is 3.39. The topological polar surface area (TPSA) is 50.9 Å². The summed E-state index contributed by atoms with van der Waals surface area (Å²) in [6, 6.07) is 2.34. The predicted molar refractivity (Wildman–Crippen MR) is 68.0 cm³/mol. The molecule has 1 heterocycles. The molecular formula is C11H18BrN3. The van der Waals surface area contributed by atoms with Gasteiger partial charge in [-0.2, -0.15) is 0 Å². The SMILES string of the molecule is Cc1cc(Br)cnc1NCCCC(C)N. The number of pyridine rings is 1. The molecule has 84 valence electrons. The molecule has 0 saturated heterocycles. The van der Waals surface area contributed by atoms with Crippen molar-refractivity contribution in [2.24, 2.45) is 5.73 Å². The smallest absolute Gasteiger partial charge is 0.128 e. The second-order valence-corrected chi connectivity index (χ2v) is 4.78. The zero-order valence-corrected chi connectivity index (χ0v) is 10.8. The molecule has 1 unspecified atom stereocenters. The molecule has 0 spiro atoms. The summed E-state index contributed by atoms with van der Waals surface area (Å²) in [6.07, 6.45) is 3.93. The fourth-order valence-electron chi connectivity index (χ4n) is 1.36. The lowest BCUT2D eigenvalue weighted by Crippen LogP contribution is -2.16. The molecule has 4 heteroatoms. The minimum absolute atomic E-state index is 0.283. The van der Waals surface area contributed by atoms with Crippen molar-refractivity contribution in [1.29, 1.82) is 0 Å². The quantitative estimate of drug-likeness (QED) is 0.810. The van der Waals surface area contributed by atoms with Crippen molar-refractivity contribution in [3.63, 3.8) is 0 Å². The van der Waals surface area contributed by atoms with Crippen LogP contribution in [-0.4, -0.2) is 17.6 Å². The molecule has 0 fully saturated rings. The molecule has 15 heavy (non-hydrogen) atoms. The Morgan fingerprint density at radius 1 is 1.60 bits per heavy atom. The first-order valence-corrected chi connectivity index (χ1v) is 6.00. The summed E-state index contributed by atoms with van der Waals surface area (Å²) in [5.74, 6) is 0.961. The molecule has 0 bridgehead atoms. The lowest BCUT2D eigenvalue weighted by Gasteiger charge is -2.09. The summed E-state index contributed by atoms with van der Waals surface area (Å²) in [7, 11) is 0. The fourth-order valence-corrected chi connectivity index (χ4v) is 1.80. The summed E-state index contributed by atoms with van der Waals surface area (Å²) in [5.41, 5.74) is 6.83. The van der Waals surface area contributed by atoms with Crippen LogP contribution in [-0.2, 0) is 0 Å². The van der Waals surface area contributed by atoms with Crippen LogP contribution in [0.2, 0.25) is 0 Å². The van der Waals surface area contributed by atoms with E-state index in [1.807, 2.05) is 13.8 Å². The predicted octanol–water partition coefficient (Wildman–Crippen LogP) is 2.69. The Labute approximate surface area is 99.6 Å². The molecule has 0 aliphatic heterocycles. The molecule has 1 aromatic rings. The number of nitrogens with one attached hydrogen (secondary N) is 1. The van der Waals surface area contributed by atoms with Gasteiger partial charge in [0, 0.05) is 23.3 Å². The van der Waals surface area contributed by atoms with Crippen molar-refractivity contribution < 1.29 is 0 Å². The van der Waals surface area contributed by atoms with E-state index in [-0.39, 0.29) is 6.04 Å². The minimum atomic E-state index is 0.283. The van der Waals surface area contributed by atoms with Gasteiger partial charge in [0.2, 0.25) is 0 Å². The summed E-state index contributed by atoms with van der Waals surface area (Å²) < 4.78 is 1.01. The van der Waals surface area contributed by atoms with Crippen LogP contribution in [0.3, 0.4) is 0 Å². The molecule has 0 aliphatic rings. The van der Waals surface area contributed by atoms with E-state index in [1.54, 1.807) is 6.20 Å². The largest absolute Gasteiger partial charge is 0.370 e. The average molecular weight is 272 g/mol. The summed E-state index contributed by atoms with van der Waals surface area (Å²) in [4.78, 5) is 4.31. The van der Waals surface area contributed by atoms with Crippen molar-refractivity contribution in [3.8, 4) is 0 Å². The molecule has 0 radical (unpaired) electrons. The first kappa shape index (κ1) is 12.5. The van der Waals surface area contributed by atoms with E-state index in [4.69, 9.17) is 5.73 Å². The maximum absolute atomic E-state index is 5.67. The van der Waals surface area contributed by atoms with Gasteiger partial charge in [0.15, 0.2) is 0 Å². The van der Waals surface area contributed by atoms with Gasteiger partial charge in [0.05, 0.1) is 0 Å². The lowest BCUT2D eigenvalue weighted by atomic mass is 10.2. The van der Waals surface area contributed by atoms with Crippen molar-refractivity contribution in [1.82, 2.24) is 4.98 Å². The van der Waals surface area contributed by atoms with Crippen LogP contribution in [0.15, 0.2) is 16.7 Å². The second-order valence-electron chi connectivity index (χ2n) is 3.87. The Bertz CT molecular complexity index is 313. The Balaban J connectivity index is 2.37. The van der Waals surface area contributed by atoms with Gasteiger partial charge < -0.3 is 11.1 Å². The Morgan fingerprint density at radius 2 is 2.33 bits per heavy atom. The van der Waals surface area contributed by atoms with E-state index < -0.39 is 0 Å². The zero-order valence-electron chi connectivity index (χ0n) is 9.26. The number of nitrogens with two attached hydrogens (primary N) is 1. The van der Waals surface area contributed by atoms with Crippen molar-refractivity contribution in [3.05, 3.63) is 22.3 Å². The van der Waals surface area contributed by atoms with E-state index in [0.29, 0.717) is 0 Å². The Hall–Kier alpha value is -0.610. The maximum Gasteiger partial charge on any atom is 0.128 e. The van der Waals surface area contributed by atoms with Crippen molar-refractivity contribution in [2.45, 2.75) is 32.7 Å². The highest BCUT2D eigenvalue weighted by Gasteiger charge is 2.00. The van der Waals surface area contributed by atoms with Crippen LogP contribution in [0, 0.1) is 6.92 Å². The number of aryl methyl sites for hydroxylation is 1. The first-order valence-electron chi connectivity index (χ1n) is 5.21. The maximum atomic E-state index is 5.67. The van der Waals surface area contributed by atoms with Gasteiger partial charge in [-0.1, -0.05) is 0 Å². The van der Waals surface area contributed by atoms with Gasteiger partial charge in [0.25, 0.3) is 0 Å². The van der Waals surface area contributed by atoms with Crippen LogP contribution in [0.4, 0.5) is 5.82 Å². The average Bonchev–Trinajstić information content (AvgIpc) is 2.14. The number of hydrogen-bond donors (Lipinski definition) is 2. The van der Waals surface area contributed by atoms with E-state index >= 15 is 0 Å². The van der Waals surface area contributed by atoms with Crippen LogP contribution in [0.5, 0.6) is 0 Å². The zero-order chi connectivity index (χ0) is 11.3. The van der Waals surface area contributed by atoms with Gasteiger partial charge in [0.1, 0.15) is 5.82 Å². The summed E-state index contributed by atoms with van der Waals surface area (Å²) in [6.45, 7) is 5.01. The Kier molecular flexibility index (Phi) is 5.05. The first-order chi connectivity index (χ1) is 7.09. The van der Waals surface area contributed by atoms with E-state index in [1.165, 1.54) is 0 Å². The highest BCUT2D eigenvalue weighted by Crippen LogP contribution is 2.16. The van der Waals surface area contributed by atoms with Crippen LogP contribution >= 0.6 is 15.9 Å².